The van der Waals surface area contributed by atoms with Crippen LogP contribution in [0.4, 0.5) is 18.9 Å². The molecule has 2 aromatic rings. The normalized spacial score (nSPS) is 11.2. The van der Waals surface area contributed by atoms with E-state index in [1.54, 1.807) is 0 Å². The van der Waals surface area contributed by atoms with E-state index in [1.807, 2.05) is 31.2 Å². The van der Waals surface area contributed by atoms with Gasteiger partial charge in [-0.2, -0.15) is 13.2 Å². The summed E-state index contributed by atoms with van der Waals surface area (Å²) in [5.41, 5.74) is 0.941. The molecule has 0 heterocycles. The molecule has 0 aromatic heterocycles. The highest BCUT2D eigenvalue weighted by Crippen LogP contribution is 2.30. The molecule has 5 heteroatoms. The van der Waals surface area contributed by atoms with Gasteiger partial charge in [-0.1, -0.05) is 18.2 Å². The maximum absolute atomic E-state index is 12.5. The molecule has 0 bridgehead atoms. The number of halogens is 3. The highest BCUT2D eigenvalue weighted by molar-refractivity contribution is 5.47. The Morgan fingerprint density at radius 2 is 1.67 bits per heavy atom. The Morgan fingerprint density at radius 1 is 1.00 bits per heavy atom. The predicted molar refractivity (Wildman–Crippen MR) is 76.4 cm³/mol. The van der Waals surface area contributed by atoms with E-state index in [1.165, 1.54) is 12.1 Å². The van der Waals surface area contributed by atoms with Crippen LogP contribution in [-0.2, 0) is 12.7 Å². The third-order valence-electron chi connectivity index (χ3n) is 2.97. The maximum atomic E-state index is 12.5. The third-order valence-corrected chi connectivity index (χ3v) is 2.97. The van der Waals surface area contributed by atoms with Crippen LogP contribution in [0.25, 0.3) is 0 Å². The average molecular weight is 295 g/mol. The van der Waals surface area contributed by atoms with Crippen molar-refractivity contribution in [3.05, 3.63) is 59.7 Å². The van der Waals surface area contributed by atoms with Crippen molar-refractivity contribution in [1.29, 1.82) is 0 Å². The van der Waals surface area contributed by atoms with Crippen LogP contribution in [-0.4, -0.2) is 6.61 Å². The molecule has 2 aromatic carbocycles. The summed E-state index contributed by atoms with van der Waals surface area (Å²) < 4.78 is 42.9. The van der Waals surface area contributed by atoms with Gasteiger partial charge >= 0.3 is 6.18 Å². The first-order chi connectivity index (χ1) is 10.0. The van der Waals surface area contributed by atoms with Crippen LogP contribution in [0.2, 0.25) is 0 Å². The fourth-order valence-electron chi connectivity index (χ4n) is 1.92. The molecule has 0 saturated carbocycles. The van der Waals surface area contributed by atoms with Gasteiger partial charge in [-0.3, -0.25) is 0 Å². The van der Waals surface area contributed by atoms with Crippen molar-refractivity contribution in [3.63, 3.8) is 0 Å². The van der Waals surface area contributed by atoms with Crippen LogP contribution < -0.4 is 10.1 Å². The Hall–Kier alpha value is -2.17. The van der Waals surface area contributed by atoms with E-state index >= 15 is 0 Å². The first-order valence-electron chi connectivity index (χ1n) is 6.62. The van der Waals surface area contributed by atoms with E-state index in [0.29, 0.717) is 18.8 Å². The largest absolute Gasteiger partial charge is 0.494 e. The second kappa shape index (κ2) is 6.52. The summed E-state index contributed by atoms with van der Waals surface area (Å²) in [6.45, 7) is 2.96. The van der Waals surface area contributed by atoms with Crippen LogP contribution in [0.1, 0.15) is 18.1 Å². The molecule has 0 radical (unpaired) electrons. The van der Waals surface area contributed by atoms with Crippen molar-refractivity contribution in [1.82, 2.24) is 0 Å². The summed E-state index contributed by atoms with van der Waals surface area (Å²) in [7, 11) is 0. The van der Waals surface area contributed by atoms with E-state index in [4.69, 9.17) is 4.74 Å². The van der Waals surface area contributed by atoms with Crippen molar-refractivity contribution in [2.24, 2.45) is 0 Å². The van der Waals surface area contributed by atoms with E-state index in [0.717, 1.165) is 23.4 Å². The Bertz CT molecular complexity index is 579. The Labute approximate surface area is 121 Å². The van der Waals surface area contributed by atoms with Gasteiger partial charge in [-0.05, 0) is 37.3 Å². The first kappa shape index (κ1) is 15.2. The average Bonchev–Trinajstić information content (AvgIpc) is 2.46. The van der Waals surface area contributed by atoms with Gasteiger partial charge in [0.1, 0.15) is 5.75 Å². The van der Waals surface area contributed by atoms with Crippen molar-refractivity contribution in [2.45, 2.75) is 19.6 Å². The van der Waals surface area contributed by atoms with E-state index in [2.05, 4.69) is 5.32 Å². The van der Waals surface area contributed by atoms with Crippen LogP contribution in [0.5, 0.6) is 5.75 Å². The minimum atomic E-state index is -4.31. The van der Waals surface area contributed by atoms with Gasteiger partial charge in [-0.15, -0.1) is 0 Å². The van der Waals surface area contributed by atoms with Gasteiger partial charge < -0.3 is 10.1 Å². The van der Waals surface area contributed by atoms with Gasteiger partial charge in [0.25, 0.3) is 0 Å². The zero-order valence-corrected chi connectivity index (χ0v) is 11.6. The van der Waals surface area contributed by atoms with Gasteiger partial charge in [0.05, 0.1) is 12.2 Å². The monoisotopic (exact) mass is 295 g/mol. The molecule has 0 spiro atoms. The zero-order valence-electron chi connectivity index (χ0n) is 11.6. The van der Waals surface area contributed by atoms with Crippen molar-refractivity contribution >= 4 is 5.69 Å². The molecule has 2 nitrogen and oxygen atoms in total. The second-order valence-electron chi connectivity index (χ2n) is 4.47. The summed E-state index contributed by atoms with van der Waals surface area (Å²) in [5, 5.41) is 3.09. The molecule has 0 aliphatic carbocycles. The lowest BCUT2D eigenvalue weighted by molar-refractivity contribution is -0.137. The first-order valence-corrected chi connectivity index (χ1v) is 6.62. The highest BCUT2D eigenvalue weighted by atomic mass is 19.4. The predicted octanol–water partition coefficient (Wildman–Crippen LogP) is 4.72. The van der Waals surface area contributed by atoms with Gasteiger partial charge in [-0.25, -0.2) is 0 Å². The molecule has 21 heavy (non-hydrogen) atoms. The lowest BCUT2D eigenvalue weighted by atomic mass is 10.1. The number of ether oxygens (including phenoxy) is 1. The molecule has 0 aliphatic rings. The SMILES string of the molecule is CCOc1ccccc1CNc1ccc(C(F)(F)F)cc1. The molecule has 2 rings (SSSR count). The fourth-order valence-corrected chi connectivity index (χ4v) is 1.92. The third kappa shape index (κ3) is 4.15. The Balaban J connectivity index is 2.03. The van der Waals surface area contributed by atoms with Gasteiger partial charge in [0.15, 0.2) is 0 Å². The number of anilines is 1. The minimum absolute atomic E-state index is 0.488. The summed E-state index contributed by atoms with van der Waals surface area (Å²) in [5.74, 6) is 0.777. The van der Waals surface area contributed by atoms with Crippen LogP contribution in [0.3, 0.4) is 0 Å². The topological polar surface area (TPSA) is 21.3 Å². The van der Waals surface area contributed by atoms with E-state index in [-0.39, 0.29) is 0 Å². The van der Waals surface area contributed by atoms with Crippen LogP contribution in [0.15, 0.2) is 48.5 Å². The van der Waals surface area contributed by atoms with Gasteiger partial charge in [0, 0.05) is 17.8 Å². The summed E-state index contributed by atoms with van der Waals surface area (Å²) in [6, 6.07) is 12.5. The summed E-state index contributed by atoms with van der Waals surface area (Å²) >= 11 is 0. The quantitative estimate of drug-likeness (QED) is 0.862. The van der Waals surface area contributed by atoms with Crippen LogP contribution in [0, 0.1) is 0 Å². The molecule has 0 amide bonds. The number of hydrogen-bond acceptors (Lipinski definition) is 2. The molecule has 1 N–H and O–H groups in total. The number of para-hydroxylation sites is 1. The number of rotatable bonds is 5. The number of benzene rings is 2. The Kier molecular flexibility index (Phi) is 4.73. The van der Waals surface area contributed by atoms with Crippen LogP contribution >= 0.6 is 0 Å². The number of hydrogen-bond donors (Lipinski definition) is 1. The maximum Gasteiger partial charge on any atom is 0.416 e. The smallest absolute Gasteiger partial charge is 0.416 e. The molecule has 0 atom stereocenters. The van der Waals surface area contributed by atoms with E-state index in [9.17, 15) is 13.2 Å². The molecule has 0 aliphatic heterocycles. The van der Waals surface area contributed by atoms with Crippen molar-refractivity contribution in [2.75, 3.05) is 11.9 Å². The Morgan fingerprint density at radius 3 is 2.29 bits per heavy atom. The number of nitrogens with one attached hydrogen (secondary N) is 1. The van der Waals surface area contributed by atoms with Crippen molar-refractivity contribution in [3.8, 4) is 5.75 Å². The van der Waals surface area contributed by atoms with E-state index < -0.39 is 11.7 Å². The fraction of sp³-hybridized carbons (Fsp3) is 0.250. The second-order valence-corrected chi connectivity index (χ2v) is 4.47. The molecule has 0 saturated heterocycles. The molecular formula is C16H16F3NO. The standard InChI is InChI=1S/C16H16F3NO/c1-2-21-15-6-4-3-5-12(15)11-20-14-9-7-13(8-10-14)16(17,18)19/h3-10,20H,2,11H2,1H3. The zero-order chi connectivity index (χ0) is 15.3. The minimum Gasteiger partial charge on any atom is -0.494 e. The highest BCUT2D eigenvalue weighted by Gasteiger charge is 2.29. The number of alkyl halides is 3. The lowest BCUT2D eigenvalue weighted by Gasteiger charge is -2.12. The summed E-state index contributed by atoms with van der Waals surface area (Å²) in [6.07, 6.45) is -4.31. The van der Waals surface area contributed by atoms with Gasteiger partial charge in [0.2, 0.25) is 0 Å². The van der Waals surface area contributed by atoms with Crippen molar-refractivity contribution < 1.29 is 17.9 Å². The molecule has 0 unspecified atom stereocenters. The summed E-state index contributed by atoms with van der Waals surface area (Å²) in [4.78, 5) is 0. The molecular weight excluding hydrogens is 279 g/mol. The molecule has 112 valence electrons. The lowest BCUT2D eigenvalue weighted by Crippen LogP contribution is -2.06. The molecule has 0 fully saturated rings.